The summed E-state index contributed by atoms with van der Waals surface area (Å²) in [6.45, 7) is 0. The quantitative estimate of drug-likeness (QED) is 0.184. The molecular weight excluding hydrogens is 619 g/mol. The number of benzene rings is 8. The van der Waals surface area contributed by atoms with Crippen LogP contribution < -0.4 is 9.64 Å². The van der Waals surface area contributed by atoms with Crippen molar-refractivity contribution in [1.82, 2.24) is 0 Å². The van der Waals surface area contributed by atoms with Gasteiger partial charge in [-0.1, -0.05) is 158 Å². The van der Waals surface area contributed by atoms with E-state index in [0.29, 0.717) is 0 Å². The van der Waals surface area contributed by atoms with Gasteiger partial charge in [0.25, 0.3) is 0 Å². The lowest BCUT2D eigenvalue weighted by Crippen LogP contribution is -2.32. The monoisotopic (exact) mass is 651 g/mol. The maximum absolute atomic E-state index is 6.94. The van der Waals surface area contributed by atoms with Gasteiger partial charge >= 0.3 is 0 Å². The van der Waals surface area contributed by atoms with Crippen LogP contribution in [0.25, 0.3) is 33.4 Å². The summed E-state index contributed by atoms with van der Waals surface area (Å²) in [5.41, 5.74) is 14.9. The standard InChI is InChI=1S/C49H33NO/c1-3-15-34(16-4-1)36-17-13-20-39(33-36)50(37-18-5-2-6-19-37)38-31-29-35(30-32-38)40-23-14-27-46-48(40)51-47-28-12-11-26-45(47)49(46)43-24-9-7-21-41(43)42-22-8-10-25-44(42)49/h1-33H. The normalized spacial score (nSPS) is 13.0. The van der Waals surface area contributed by atoms with E-state index in [1.807, 2.05) is 0 Å². The molecule has 0 aromatic heterocycles. The number of nitrogens with zero attached hydrogens (tertiary/aromatic N) is 1. The third kappa shape index (κ3) is 4.50. The van der Waals surface area contributed by atoms with Crippen molar-refractivity contribution < 1.29 is 4.74 Å². The Morgan fingerprint density at radius 1 is 0.333 bits per heavy atom. The Morgan fingerprint density at radius 3 is 1.57 bits per heavy atom. The number of anilines is 3. The molecule has 8 aromatic carbocycles. The van der Waals surface area contributed by atoms with E-state index in [0.717, 1.165) is 39.7 Å². The fourth-order valence-electron chi connectivity index (χ4n) is 8.37. The SMILES string of the molecule is c1ccc(-c2cccc(N(c3ccccc3)c3ccc(-c4cccc5c4Oc4ccccc4C54c5ccccc5-c5ccccc54)cc3)c2)cc1. The third-order valence-electron chi connectivity index (χ3n) is 10.5. The fraction of sp³-hybridized carbons (Fsp3) is 0.0204. The molecule has 240 valence electrons. The van der Waals surface area contributed by atoms with E-state index >= 15 is 0 Å². The Balaban J connectivity index is 1.12. The van der Waals surface area contributed by atoms with E-state index in [-0.39, 0.29) is 0 Å². The summed E-state index contributed by atoms with van der Waals surface area (Å²) in [5, 5.41) is 0. The van der Waals surface area contributed by atoms with E-state index in [1.54, 1.807) is 0 Å². The summed E-state index contributed by atoms with van der Waals surface area (Å²) in [4.78, 5) is 2.32. The van der Waals surface area contributed by atoms with Crippen molar-refractivity contribution >= 4 is 17.1 Å². The van der Waals surface area contributed by atoms with Gasteiger partial charge in [0, 0.05) is 33.8 Å². The van der Waals surface area contributed by atoms with E-state index in [4.69, 9.17) is 4.74 Å². The summed E-state index contributed by atoms with van der Waals surface area (Å²) < 4.78 is 6.94. The second-order valence-corrected chi connectivity index (χ2v) is 13.3. The van der Waals surface area contributed by atoms with Crippen molar-refractivity contribution in [3.05, 3.63) is 222 Å². The Labute approximate surface area is 298 Å². The number of ether oxygens (including phenoxy) is 1. The molecule has 0 atom stereocenters. The maximum atomic E-state index is 6.94. The van der Waals surface area contributed by atoms with Crippen LogP contribution >= 0.6 is 0 Å². The zero-order chi connectivity index (χ0) is 33.8. The average molecular weight is 652 g/mol. The number of para-hydroxylation sites is 3. The van der Waals surface area contributed by atoms with Crippen LogP contribution in [-0.4, -0.2) is 0 Å². The van der Waals surface area contributed by atoms with E-state index in [1.165, 1.54) is 44.5 Å². The molecule has 10 rings (SSSR count). The first-order valence-corrected chi connectivity index (χ1v) is 17.5. The molecule has 0 fully saturated rings. The second-order valence-electron chi connectivity index (χ2n) is 13.3. The van der Waals surface area contributed by atoms with Gasteiger partial charge in [-0.25, -0.2) is 0 Å². The molecule has 1 spiro atoms. The van der Waals surface area contributed by atoms with Crippen LogP contribution in [0.4, 0.5) is 17.1 Å². The Hall–Kier alpha value is -6.64. The zero-order valence-corrected chi connectivity index (χ0v) is 27.9. The zero-order valence-electron chi connectivity index (χ0n) is 27.9. The molecule has 0 amide bonds. The first-order chi connectivity index (χ1) is 25.3. The molecule has 2 aliphatic rings. The topological polar surface area (TPSA) is 12.5 Å². The van der Waals surface area contributed by atoms with Gasteiger partial charge in [0.15, 0.2) is 0 Å². The van der Waals surface area contributed by atoms with Crippen LogP contribution in [0.15, 0.2) is 200 Å². The van der Waals surface area contributed by atoms with Gasteiger partial charge in [-0.05, 0) is 81.4 Å². The van der Waals surface area contributed by atoms with Crippen molar-refractivity contribution in [3.8, 4) is 44.9 Å². The molecule has 0 radical (unpaired) electrons. The van der Waals surface area contributed by atoms with Crippen LogP contribution in [0, 0.1) is 0 Å². The lowest BCUT2D eigenvalue weighted by Gasteiger charge is -2.40. The Bertz CT molecular complexity index is 2510. The van der Waals surface area contributed by atoms with Crippen LogP contribution in [0.1, 0.15) is 22.3 Å². The smallest absolute Gasteiger partial charge is 0.140 e. The molecule has 1 aliphatic carbocycles. The first kappa shape index (κ1) is 29.3. The molecule has 0 unspecified atom stereocenters. The molecule has 1 aliphatic heterocycles. The molecule has 0 saturated carbocycles. The Morgan fingerprint density at radius 2 is 0.843 bits per heavy atom. The van der Waals surface area contributed by atoms with Crippen LogP contribution in [0.2, 0.25) is 0 Å². The minimum atomic E-state index is -0.485. The highest BCUT2D eigenvalue weighted by Gasteiger charge is 2.51. The van der Waals surface area contributed by atoms with Gasteiger partial charge in [-0.3, -0.25) is 0 Å². The molecule has 2 heteroatoms. The van der Waals surface area contributed by atoms with Gasteiger partial charge in [0.05, 0.1) is 5.41 Å². The summed E-state index contributed by atoms with van der Waals surface area (Å²) in [7, 11) is 0. The summed E-state index contributed by atoms with van der Waals surface area (Å²) in [6, 6.07) is 71.8. The van der Waals surface area contributed by atoms with Gasteiger partial charge < -0.3 is 9.64 Å². The summed E-state index contributed by atoms with van der Waals surface area (Å²) >= 11 is 0. The predicted molar refractivity (Wildman–Crippen MR) is 209 cm³/mol. The summed E-state index contributed by atoms with van der Waals surface area (Å²) in [5.74, 6) is 1.81. The highest BCUT2D eigenvalue weighted by molar-refractivity contribution is 5.90. The van der Waals surface area contributed by atoms with Crippen molar-refractivity contribution in [1.29, 1.82) is 0 Å². The first-order valence-electron chi connectivity index (χ1n) is 17.5. The average Bonchev–Trinajstić information content (AvgIpc) is 3.50. The number of rotatable bonds is 5. The third-order valence-corrected chi connectivity index (χ3v) is 10.5. The predicted octanol–water partition coefficient (Wildman–Crippen LogP) is 13.0. The molecule has 2 nitrogen and oxygen atoms in total. The molecule has 1 heterocycles. The van der Waals surface area contributed by atoms with Gasteiger partial charge in [0.1, 0.15) is 11.5 Å². The van der Waals surface area contributed by atoms with Crippen molar-refractivity contribution in [2.75, 3.05) is 4.90 Å². The van der Waals surface area contributed by atoms with Crippen molar-refractivity contribution in [2.45, 2.75) is 5.41 Å². The lowest BCUT2D eigenvalue weighted by molar-refractivity contribution is 0.438. The highest BCUT2D eigenvalue weighted by atomic mass is 16.5. The Kier molecular flexibility index (Phi) is 6.75. The van der Waals surface area contributed by atoms with Gasteiger partial charge in [-0.2, -0.15) is 0 Å². The molecular formula is C49H33NO. The summed E-state index contributed by atoms with van der Waals surface area (Å²) in [6.07, 6.45) is 0. The van der Waals surface area contributed by atoms with Crippen molar-refractivity contribution in [2.24, 2.45) is 0 Å². The van der Waals surface area contributed by atoms with E-state index < -0.39 is 5.41 Å². The van der Waals surface area contributed by atoms with E-state index in [2.05, 4.69) is 205 Å². The van der Waals surface area contributed by atoms with E-state index in [9.17, 15) is 0 Å². The van der Waals surface area contributed by atoms with Crippen LogP contribution in [-0.2, 0) is 5.41 Å². The van der Waals surface area contributed by atoms with Crippen LogP contribution in [0.3, 0.4) is 0 Å². The highest BCUT2D eigenvalue weighted by Crippen LogP contribution is 2.63. The van der Waals surface area contributed by atoms with Crippen molar-refractivity contribution in [3.63, 3.8) is 0 Å². The van der Waals surface area contributed by atoms with Gasteiger partial charge in [0.2, 0.25) is 0 Å². The largest absolute Gasteiger partial charge is 0.456 e. The number of hydrogen-bond acceptors (Lipinski definition) is 2. The van der Waals surface area contributed by atoms with Crippen LogP contribution in [0.5, 0.6) is 11.5 Å². The minimum Gasteiger partial charge on any atom is -0.456 e. The maximum Gasteiger partial charge on any atom is 0.140 e. The molecule has 0 saturated heterocycles. The molecule has 8 aromatic rings. The lowest BCUT2D eigenvalue weighted by atomic mass is 9.65. The minimum absolute atomic E-state index is 0.485. The molecule has 0 N–H and O–H groups in total. The van der Waals surface area contributed by atoms with Gasteiger partial charge in [-0.15, -0.1) is 0 Å². The second kappa shape index (κ2) is 11.8. The fourth-order valence-corrected chi connectivity index (χ4v) is 8.37. The number of hydrogen-bond donors (Lipinski definition) is 0. The molecule has 0 bridgehead atoms. The molecule has 51 heavy (non-hydrogen) atoms. The number of fused-ring (bicyclic) bond motifs is 9.